The van der Waals surface area contributed by atoms with Gasteiger partial charge in [-0.05, 0) is 41.5 Å². The minimum Gasteiger partial charge on any atom is -0.356 e. The molecule has 3 nitrogen and oxygen atoms in total. The van der Waals surface area contributed by atoms with Gasteiger partial charge in [0.15, 0.2) is 0 Å². The summed E-state index contributed by atoms with van der Waals surface area (Å²) in [7, 11) is 0. The number of hydrogen-bond donors (Lipinski definition) is 2. The molecule has 0 heterocycles. The summed E-state index contributed by atoms with van der Waals surface area (Å²) >= 11 is 0. The van der Waals surface area contributed by atoms with E-state index in [0.717, 1.165) is 24.9 Å². The average Bonchev–Trinajstić information content (AvgIpc) is 2.53. The maximum absolute atomic E-state index is 12.1. The van der Waals surface area contributed by atoms with Crippen LogP contribution in [0.15, 0.2) is 42.5 Å². The van der Waals surface area contributed by atoms with E-state index in [1.54, 1.807) is 0 Å². The second-order valence-electron chi connectivity index (χ2n) is 6.46. The van der Waals surface area contributed by atoms with Crippen LogP contribution in [0.4, 0.5) is 0 Å². The van der Waals surface area contributed by atoms with Gasteiger partial charge in [0.05, 0.1) is 6.42 Å². The zero-order valence-electron chi connectivity index (χ0n) is 13.3. The third-order valence-corrected chi connectivity index (χ3v) is 4.59. The average molecular weight is 333 g/mol. The molecule has 4 heteroatoms. The molecule has 2 aromatic carbocycles. The van der Waals surface area contributed by atoms with Crippen molar-refractivity contribution in [3.63, 3.8) is 0 Å². The smallest absolute Gasteiger partial charge is 0.224 e. The molecule has 0 aliphatic heterocycles. The first-order chi connectivity index (χ1) is 10.7. The third kappa shape index (κ3) is 4.95. The van der Waals surface area contributed by atoms with Crippen molar-refractivity contribution < 1.29 is 4.79 Å². The Hall–Kier alpha value is -1.58. The van der Waals surface area contributed by atoms with Gasteiger partial charge in [-0.3, -0.25) is 4.79 Å². The molecule has 1 amide bonds. The molecule has 1 fully saturated rings. The fourth-order valence-corrected chi connectivity index (χ4v) is 3.37. The van der Waals surface area contributed by atoms with E-state index in [-0.39, 0.29) is 18.3 Å². The topological polar surface area (TPSA) is 55.1 Å². The maximum Gasteiger partial charge on any atom is 0.224 e. The molecule has 1 aliphatic rings. The van der Waals surface area contributed by atoms with Crippen LogP contribution in [0.1, 0.15) is 31.2 Å². The molecule has 0 radical (unpaired) electrons. The zero-order chi connectivity index (χ0) is 15.4. The molecule has 1 aliphatic carbocycles. The summed E-state index contributed by atoms with van der Waals surface area (Å²) in [6, 6.07) is 14.8. The Morgan fingerprint density at radius 1 is 1.13 bits per heavy atom. The molecule has 0 spiro atoms. The first-order valence-corrected chi connectivity index (χ1v) is 8.20. The third-order valence-electron chi connectivity index (χ3n) is 4.59. The second-order valence-corrected chi connectivity index (χ2v) is 6.46. The van der Waals surface area contributed by atoms with Crippen molar-refractivity contribution in [3.05, 3.63) is 48.0 Å². The number of nitrogens with two attached hydrogens (primary N) is 1. The number of rotatable bonds is 4. The highest BCUT2D eigenvalue weighted by molar-refractivity contribution is 5.85. The SMILES string of the molecule is Cl.NC1CCCC(CNC(=O)Cc2ccc3ccccc3c2)C1. The quantitative estimate of drug-likeness (QED) is 0.901. The minimum atomic E-state index is 0. The van der Waals surface area contributed by atoms with Crippen LogP contribution in [0.5, 0.6) is 0 Å². The van der Waals surface area contributed by atoms with Gasteiger partial charge in [0.1, 0.15) is 0 Å². The van der Waals surface area contributed by atoms with Crippen LogP contribution in [-0.4, -0.2) is 18.5 Å². The van der Waals surface area contributed by atoms with Crippen molar-refractivity contribution in [3.8, 4) is 0 Å². The Morgan fingerprint density at radius 3 is 2.70 bits per heavy atom. The highest BCUT2D eigenvalue weighted by Gasteiger charge is 2.19. The van der Waals surface area contributed by atoms with E-state index in [4.69, 9.17) is 5.73 Å². The van der Waals surface area contributed by atoms with E-state index in [2.05, 4.69) is 29.6 Å². The number of carbonyl (C=O) groups is 1. The molecular weight excluding hydrogens is 308 g/mol. The van der Waals surface area contributed by atoms with E-state index < -0.39 is 0 Å². The lowest BCUT2D eigenvalue weighted by Crippen LogP contribution is -2.36. The van der Waals surface area contributed by atoms with Gasteiger partial charge in [0.25, 0.3) is 0 Å². The summed E-state index contributed by atoms with van der Waals surface area (Å²) in [4.78, 5) is 12.1. The first kappa shape index (κ1) is 17.8. The highest BCUT2D eigenvalue weighted by atomic mass is 35.5. The molecule has 2 aromatic rings. The number of halogens is 1. The van der Waals surface area contributed by atoms with Gasteiger partial charge in [-0.25, -0.2) is 0 Å². The summed E-state index contributed by atoms with van der Waals surface area (Å²) < 4.78 is 0. The lowest BCUT2D eigenvalue weighted by atomic mass is 9.86. The van der Waals surface area contributed by atoms with Crippen LogP contribution in [0, 0.1) is 5.92 Å². The summed E-state index contributed by atoms with van der Waals surface area (Å²) in [6.45, 7) is 0.764. The van der Waals surface area contributed by atoms with Crippen LogP contribution in [0.25, 0.3) is 10.8 Å². The number of fused-ring (bicyclic) bond motifs is 1. The van der Waals surface area contributed by atoms with Crippen molar-refractivity contribution in [2.45, 2.75) is 38.1 Å². The monoisotopic (exact) mass is 332 g/mol. The molecule has 0 bridgehead atoms. The predicted molar refractivity (Wildman–Crippen MR) is 97.8 cm³/mol. The fraction of sp³-hybridized carbons (Fsp3) is 0.421. The van der Waals surface area contributed by atoms with Gasteiger partial charge < -0.3 is 11.1 Å². The van der Waals surface area contributed by atoms with Crippen molar-refractivity contribution in [1.82, 2.24) is 5.32 Å². The fourth-order valence-electron chi connectivity index (χ4n) is 3.37. The standard InChI is InChI=1S/C19H24N2O.ClH/c20-18-7-3-4-15(11-18)13-21-19(22)12-14-8-9-16-5-1-2-6-17(16)10-14;/h1-2,5-6,8-10,15,18H,3-4,7,11-13,20H2,(H,21,22);1H. The molecule has 0 saturated heterocycles. The number of carbonyl (C=O) groups excluding carboxylic acids is 1. The lowest BCUT2D eigenvalue weighted by molar-refractivity contribution is -0.120. The summed E-state index contributed by atoms with van der Waals surface area (Å²) in [6.07, 6.45) is 4.98. The predicted octanol–water partition coefficient (Wildman–Crippen LogP) is 3.44. The summed E-state index contributed by atoms with van der Waals surface area (Å²) in [5.41, 5.74) is 7.06. The van der Waals surface area contributed by atoms with Gasteiger partial charge >= 0.3 is 0 Å². The number of nitrogens with one attached hydrogen (secondary N) is 1. The van der Waals surface area contributed by atoms with Crippen molar-refractivity contribution in [1.29, 1.82) is 0 Å². The number of benzene rings is 2. The first-order valence-electron chi connectivity index (χ1n) is 8.20. The van der Waals surface area contributed by atoms with Crippen LogP contribution in [-0.2, 0) is 11.2 Å². The Balaban J connectivity index is 0.00000192. The lowest BCUT2D eigenvalue weighted by Gasteiger charge is -2.26. The maximum atomic E-state index is 12.1. The van der Waals surface area contributed by atoms with E-state index in [1.807, 2.05) is 18.2 Å². The number of hydrogen-bond acceptors (Lipinski definition) is 2. The van der Waals surface area contributed by atoms with Crippen LogP contribution in [0.3, 0.4) is 0 Å². The Bertz CT molecular complexity index is 659. The Kier molecular flexibility index (Phi) is 6.43. The van der Waals surface area contributed by atoms with Crippen LogP contribution < -0.4 is 11.1 Å². The molecule has 2 atom stereocenters. The normalized spacial score (nSPS) is 20.7. The van der Waals surface area contributed by atoms with Crippen molar-refractivity contribution in [2.75, 3.05) is 6.54 Å². The minimum absolute atomic E-state index is 0. The summed E-state index contributed by atoms with van der Waals surface area (Å²) in [5.74, 6) is 0.652. The molecule has 23 heavy (non-hydrogen) atoms. The largest absolute Gasteiger partial charge is 0.356 e. The Labute approximate surface area is 144 Å². The number of amides is 1. The molecule has 124 valence electrons. The van der Waals surface area contributed by atoms with Gasteiger partial charge in [-0.1, -0.05) is 48.9 Å². The Morgan fingerprint density at radius 2 is 1.91 bits per heavy atom. The molecule has 0 aromatic heterocycles. The van der Waals surface area contributed by atoms with E-state index in [0.29, 0.717) is 18.4 Å². The molecular formula is C19H25ClN2O. The molecule has 1 saturated carbocycles. The van der Waals surface area contributed by atoms with Gasteiger partial charge in [0, 0.05) is 12.6 Å². The summed E-state index contributed by atoms with van der Waals surface area (Å²) in [5, 5.41) is 5.47. The molecule has 2 unspecified atom stereocenters. The molecule has 3 N–H and O–H groups in total. The van der Waals surface area contributed by atoms with E-state index in [9.17, 15) is 4.79 Å². The van der Waals surface area contributed by atoms with E-state index >= 15 is 0 Å². The van der Waals surface area contributed by atoms with Crippen molar-refractivity contribution >= 4 is 29.1 Å². The van der Waals surface area contributed by atoms with Crippen LogP contribution >= 0.6 is 12.4 Å². The zero-order valence-corrected chi connectivity index (χ0v) is 14.1. The van der Waals surface area contributed by atoms with Gasteiger partial charge in [-0.2, -0.15) is 0 Å². The molecule has 3 rings (SSSR count). The van der Waals surface area contributed by atoms with Crippen LogP contribution in [0.2, 0.25) is 0 Å². The van der Waals surface area contributed by atoms with Crippen molar-refractivity contribution in [2.24, 2.45) is 11.7 Å². The second kappa shape index (κ2) is 8.32. The van der Waals surface area contributed by atoms with E-state index in [1.165, 1.54) is 23.6 Å². The van der Waals surface area contributed by atoms with Gasteiger partial charge in [0.2, 0.25) is 5.91 Å². The van der Waals surface area contributed by atoms with Gasteiger partial charge in [-0.15, -0.1) is 12.4 Å². The highest BCUT2D eigenvalue weighted by Crippen LogP contribution is 2.22.